The molecule has 0 bridgehead atoms. The van der Waals surface area contributed by atoms with Gasteiger partial charge in [-0.15, -0.1) is 0 Å². The summed E-state index contributed by atoms with van der Waals surface area (Å²) in [6.45, 7) is 15.3. The number of phenols is 1. The summed E-state index contributed by atoms with van der Waals surface area (Å²) in [5.41, 5.74) is 7.66. The van der Waals surface area contributed by atoms with E-state index < -0.39 is 0 Å². The quantitative estimate of drug-likeness (QED) is 0.244. The molecule has 0 aromatic heterocycles. The van der Waals surface area contributed by atoms with E-state index >= 15 is 0 Å². The molecule has 1 amide bonds. The minimum Gasteiger partial charge on any atom is -0.507 e. The number of halogens is 1. The fourth-order valence-corrected chi connectivity index (χ4v) is 9.26. The van der Waals surface area contributed by atoms with Crippen LogP contribution >= 0.6 is 0 Å². The second-order valence-corrected chi connectivity index (χ2v) is 16.6. The van der Waals surface area contributed by atoms with Crippen molar-refractivity contribution >= 4 is 5.91 Å². The summed E-state index contributed by atoms with van der Waals surface area (Å²) in [5, 5.41) is 11.9. The van der Waals surface area contributed by atoms with Gasteiger partial charge in [-0.2, -0.15) is 0 Å². The SMILES string of the molecule is Cc1cc(Cc2cc(C)cc(C3(C)CCCCC3)c2OCC(=O)N2CC(C)N(Cc3ccc(F)cc3)CC2C)c(O)c(C2(C)CCCCC2)c1. The highest BCUT2D eigenvalue weighted by molar-refractivity contribution is 5.78. The lowest BCUT2D eigenvalue weighted by molar-refractivity contribution is -0.139. The number of benzene rings is 3. The summed E-state index contributed by atoms with van der Waals surface area (Å²) in [7, 11) is 0. The number of piperazine rings is 1. The van der Waals surface area contributed by atoms with Crippen molar-refractivity contribution in [1.82, 2.24) is 9.80 Å². The van der Waals surface area contributed by atoms with Crippen LogP contribution in [0, 0.1) is 19.7 Å². The molecule has 0 radical (unpaired) electrons. The molecule has 3 aromatic carbocycles. The van der Waals surface area contributed by atoms with Gasteiger partial charge in [0.25, 0.3) is 5.91 Å². The van der Waals surface area contributed by atoms with Crippen LogP contribution in [0.4, 0.5) is 4.39 Å². The van der Waals surface area contributed by atoms with E-state index in [1.165, 1.54) is 67.3 Å². The lowest BCUT2D eigenvalue weighted by Crippen LogP contribution is -2.58. The Kier molecular flexibility index (Phi) is 11.0. The molecule has 3 aliphatic rings. The summed E-state index contributed by atoms with van der Waals surface area (Å²) >= 11 is 0. The molecule has 1 saturated heterocycles. The van der Waals surface area contributed by atoms with Gasteiger partial charge in [-0.25, -0.2) is 4.39 Å². The molecule has 1 aliphatic heterocycles. The van der Waals surface area contributed by atoms with Crippen LogP contribution < -0.4 is 4.74 Å². The van der Waals surface area contributed by atoms with E-state index in [0.717, 1.165) is 66.8 Å². The molecule has 1 N–H and O–H groups in total. The van der Waals surface area contributed by atoms with E-state index in [-0.39, 0.29) is 41.2 Å². The monoisotopic (exact) mass is 682 g/mol. The Morgan fingerprint density at radius 1 is 0.800 bits per heavy atom. The number of carbonyl (C=O) groups excluding carboxylic acids is 1. The van der Waals surface area contributed by atoms with Crippen LogP contribution in [-0.2, 0) is 28.6 Å². The highest BCUT2D eigenvalue weighted by Gasteiger charge is 2.36. The van der Waals surface area contributed by atoms with Gasteiger partial charge in [-0.05, 0) is 93.0 Å². The number of aromatic hydroxyl groups is 1. The van der Waals surface area contributed by atoms with Gasteiger partial charge in [0.2, 0.25) is 0 Å². The lowest BCUT2D eigenvalue weighted by atomic mass is 9.69. The van der Waals surface area contributed by atoms with Crippen molar-refractivity contribution in [2.45, 2.75) is 142 Å². The van der Waals surface area contributed by atoms with Crippen LogP contribution in [0.1, 0.15) is 131 Å². The molecular formula is C44H59FN2O3. The maximum Gasteiger partial charge on any atom is 0.260 e. The van der Waals surface area contributed by atoms with Gasteiger partial charge in [-0.1, -0.05) is 99.9 Å². The Hall–Kier alpha value is -3.38. The minimum atomic E-state index is -0.225. The molecule has 3 fully saturated rings. The zero-order valence-electron chi connectivity index (χ0n) is 31.4. The zero-order valence-corrected chi connectivity index (χ0v) is 31.4. The average Bonchev–Trinajstić information content (AvgIpc) is 3.08. The molecule has 270 valence electrons. The summed E-state index contributed by atoms with van der Waals surface area (Å²) in [4.78, 5) is 18.3. The van der Waals surface area contributed by atoms with Crippen molar-refractivity contribution in [3.05, 3.63) is 93.3 Å². The van der Waals surface area contributed by atoms with Crippen LogP contribution in [0.25, 0.3) is 0 Å². The second-order valence-electron chi connectivity index (χ2n) is 16.6. The summed E-state index contributed by atoms with van der Waals surface area (Å²) in [6.07, 6.45) is 12.3. The smallest absolute Gasteiger partial charge is 0.260 e. The third-order valence-electron chi connectivity index (χ3n) is 12.3. The third kappa shape index (κ3) is 7.91. The van der Waals surface area contributed by atoms with E-state index in [9.17, 15) is 14.3 Å². The van der Waals surface area contributed by atoms with Crippen molar-refractivity contribution in [1.29, 1.82) is 0 Å². The fraction of sp³-hybridized carbons (Fsp3) is 0.568. The van der Waals surface area contributed by atoms with Gasteiger partial charge in [0.05, 0.1) is 0 Å². The number of carbonyl (C=O) groups is 1. The number of nitrogens with zero attached hydrogens (tertiary/aromatic N) is 2. The number of rotatable bonds is 9. The van der Waals surface area contributed by atoms with Gasteiger partial charge in [-0.3, -0.25) is 9.69 Å². The van der Waals surface area contributed by atoms with Gasteiger partial charge < -0.3 is 14.7 Å². The lowest BCUT2D eigenvalue weighted by Gasteiger charge is -2.44. The first-order valence-corrected chi connectivity index (χ1v) is 19.2. The summed E-state index contributed by atoms with van der Waals surface area (Å²) in [5.74, 6) is 1.03. The number of phenolic OH excluding ortho intramolecular Hbond substituents is 1. The molecule has 2 atom stereocenters. The molecule has 0 spiro atoms. The molecule has 6 heteroatoms. The Labute approximate surface area is 300 Å². The maximum absolute atomic E-state index is 14.0. The number of hydrogen-bond acceptors (Lipinski definition) is 4. The van der Waals surface area contributed by atoms with Gasteiger partial charge >= 0.3 is 0 Å². The standard InChI is InChI=1S/C44H59FN2O3/c1-30-21-35(41(49)38(23-30)43(5)17-9-7-10-18-43)25-36-22-31(2)24-39(44(6)19-11-8-12-20-44)42(36)50-29-40(48)47-27-32(3)46(26-33(47)4)28-34-13-15-37(45)16-14-34/h13-16,21-24,32-33,49H,7-12,17-20,25-29H2,1-6H3. The molecule has 2 aliphatic carbocycles. The first kappa shape index (κ1) is 36.4. The van der Waals surface area contributed by atoms with Crippen molar-refractivity contribution in [3.8, 4) is 11.5 Å². The summed E-state index contributed by atoms with van der Waals surface area (Å²) < 4.78 is 20.3. The van der Waals surface area contributed by atoms with Crippen LogP contribution in [0.3, 0.4) is 0 Å². The van der Waals surface area contributed by atoms with E-state index in [0.29, 0.717) is 18.7 Å². The van der Waals surface area contributed by atoms with Crippen LogP contribution in [0.2, 0.25) is 0 Å². The van der Waals surface area contributed by atoms with Gasteiger partial charge in [0.1, 0.15) is 17.3 Å². The Morgan fingerprint density at radius 3 is 1.98 bits per heavy atom. The number of hydrogen-bond donors (Lipinski definition) is 1. The molecule has 1 heterocycles. The maximum atomic E-state index is 14.0. The van der Waals surface area contributed by atoms with E-state index in [4.69, 9.17) is 4.74 Å². The fourth-order valence-electron chi connectivity index (χ4n) is 9.26. The zero-order chi connectivity index (χ0) is 35.6. The average molecular weight is 683 g/mol. The van der Waals surface area contributed by atoms with Crippen molar-refractivity contribution < 1.29 is 19.0 Å². The largest absolute Gasteiger partial charge is 0.507 e. The van der Waals surface area contributed by atoms with Crippen molar-refractivity contribution in [2.24, 2.45) is 0 Å². The van der Waals surface area contributed by atoms with Gasteiger partial charge in [0.15, 0.2) is 6.61 Å². The topological polar surface area (TPSA) is 53.0 Å². The van der Waals surface area contributed by atoms with E-state index in [2.05, 4.69) is 70.7 Å². The van der Waals surface area contributed by atoms with Crippen LogP contribution in [0.5, 0.6) is 11.5 Å². The molecular weight excluding hydrogens is 623 g/mol. The third-order valence-corrected chi connectivity index (χ3v) is 12.3. The highest BCUT2D eigenvalue weighted by Crippen LogP contribution is 2.47. The summed E-state index contributed by atoms with van der Waals surface area (Å²) in [6, 6.07) is 15.7. The van der Waals surface area contributed by atoms with E-state index in [1.54, 1.807) is 0 Å². The second kappa shape index (κ2) is 15.1. The molecule has 2 saturated carbocycles. The number of aryl methyl sites for hydroxylation is 2. The predicted octanol–water partition coefficient (Wildman–Crippen LogP) is 9.68. The molecule has 5 nitrogen and oxygen atoms in total. The molecule has 3 aromatic rings. The Balaban J connectivity index is 1.27. The van der Waals surface area contributed by atoms with Crippen molar-refractivity contribution in [2.75, 3.05) is 19.7 Å². The molecule has 6 rings (SSSR count). The van der Waals surface area contributed by atoms with Crippen molar-refractivity contribution in [3.63, 3.8) is 0 Å². The Morgan fingerprint density at radius 2 is 1.36 bits per heavy atom. The molecule has 50 heavy (non-hydrogen) atoms. The predicted molar refractivity (Wildman–Crippen MR) is 201 cm³/mol. The highest BCUT2D eigenvalue weighted by atomic mass is 19.1. The number of ether oxygens (including phenoxy) is 1. The number of amides is 1. The normalized spacial score (nSPS) is 22.3. The Bertz CT molecular complexity index is 1650. The van der Waals surface area contributed by atoms with Crippen LogP contribution in [-0.4, -0.2) is 52.6 Å². The van der Waals surface area contributed by atoms with E-state index in [1.807, 2.05) is 17.0 Å². The first-order chi connectivity index (χ1) is 23.8. The first-order valence-electron chi connectivity index (χ1n) is 19.2. The molecule has 2 unspecified atom stereocenters. The minimum absolute atomic E-state index is 0.00275. The van der Waals surface area contributed by atoms with Crippen LogP contribution in [0.15, 0.2) is 48.5 Å². The van der Waals surface area contributed by atoms with Gasteiger partial charge in [0, 0.05) is 49.3 Å².